The standard InChI is InChI=1S/C13H20O2.C13H24O2.C7H10O3/c1-5-11(14)15-10-8-9-6-7-13(10,4)12(9,2)3;1-3-5-6-7-8-9-10-11-12-15-13(14)4-2;1-5(2)7(8)10-4-6-3-9-6/h5,9-10H,1,6-8H2,2-4H3;4H,2-3,5-12H2,1H3;6H,1,3-4H2,2H3. The second-order valence-corrected chi connectivity index (χ2v) is 11.9. The molecule has 40 heavy (non-hydrogen) atoms. The number of hydrogen-bond donors (Lipinski definition) is 0. The van der Waals surface area contributed by atoms with Crippen LogP contribution < -0.4 is 0 Å². The Balaban J connectivity index is 0.000000307. The van der Waals surface area contributed by atoms with Crippen LogP contribution in [0.3, 0.4) is 0 Å². The fourth-order valence-electron chi connectivity index (χ4n) is 5.42. The Bertz CT molecular complexity index is 842. The van der Waals surface area contributed by atoms with Crippen molar-refractivity contribution in [2.45, 2.75) is 117 Å². The molecule has 3 aliphatic rings. The van der Waals surface area contributed by atoms with Crippen LogP contribution in [0.25, 0.3) is 0 Å². The molecule has 0 amide bonds. The lowest BCUT2D eigenvalue weighted by molar-refractivity contribution is -0.150. The van der Waals surface area contributed by atoms with Crippen molar-refractivity contribution >= 4 is 17.9 Å². The summed E-state index contributed by atoms with van der Waals surface area (Å²) in [5, 5.41) is 0. The summed E-state index contributed by atoms with van der Waals surface area (Å²) in [5.74, 6) is -0.205. The fraction of sp³-hybridized carbons (Fsp3) is 0.727. The number of unbranched alkanes of at least 4 members (excludes halogenated alkanes) is 7. The maximum absolute atomic E-state index is 11.3. The SMILES string of the molecule is C=C(C)C(=O)OCC1CO1.C=CC(=O)OC1CC2CCC1(C)C2(C)C.C=CC(=O)OCCCCCCCCCC. The first kappa shape index (κ1) is 35.6. The minimum absolute atomic E-state index is 0.0942. The summed E-state index contributed by atoms with van der Waals surface area (Å²) in [6.45, 7) is 22.6. The molecule has 0 N–H and O–H groups in total. The van der Waals surface area contributed by atoms with Crippen molar-refractivity contribution in [3.63, 3.8) is 0 Å². The van der Waals surface area contributed by atoms with Crippen LogP contribution in [0.5, 0.6) is 0 Å². The molecule has 0 aromatic carbocycles. The van der Waals surface area contributed by atoms with Crippen LogP contribution in [0.2, 0.25) is 0 Å². The summed E-state index contributed by atoms with van der Waals surface area (Å²) in [6.07, 6.45) is 16.3. The van der Waals surface area contributed by atoms with Gasteiger partial charge in [-0.15, -0.1) is 0 Å². The number of ether oxygens (including phenoxy) is 4. The molecular formula is C33H54O7. The predicted octanol–water partition coefficient (Wildman–Crippen LogP) is 7.29. The Hall–Kier alpha value is -2.41. The fourth-order valence-corrected chi connectivity index (χ4v) is 5.42. The molecule has 3 fully saturated rings. The van der Waals surface area contributed by atoms with Gasteiger partial charge in [0.05, 0.1) is 13.2 Å². The van der Waals surface area contributed by atoms with Crippen LogP contribution in [-0.4, -0.2) is 49.9 Å². The Morgan fingerprint density at radius 1 is 0.925 bits per heavy atom. The number of hydrogen-bond acceptors (Lipinski definition) is 7. The third kappa shape index (κ3) is 12.0. The van der Waals surface area contributed by atoms with Crippen LogP contribution in [0.15, 0.2) is 37.5 Å². The van der Waals surface area contributed by atoms with Gasteiger partial charge in [-0.1, -0.05) is 92.4 Å². The lowest BCUT2D eigenvalue weighted by Gasteiger charge is -2.38. The highest BCUT2D eigenvalue weighted by molar-refractivity contribution is 5.86. The highest BCUT2D eigenvalue weighted by atomic mass is 16.6. The van der Waals surface area contributed by atoms with E-state index in [2.05, 4.69) is 47.4 Å². The van der Waals surface area contributed by atoms with E-state index in [4.69, 9.17) is 18.9 Å². The normalized spacial score (nSPS) is 24.8. The maximum Gasteiger partial charge on any atom is 0.333 e. The Labute approximate surface area is 242 Å². The monoisotopic (exact) mass is 562 g/mol. The highest BCUT2D eigenvalue weighted by Gasteiger charge is 2.62. The van der Waals surface area contributed by atoms with Gasteiger partial charge in [0.1, 0.15) is 18.8 Å². The van der Waals surface area contributed by atoms with Crippen LogP contribution in [-0.2, 0) is 33.3 Å². The average molecular weight is 563 g/mol. The van der Waals surface area contributed by atoms with Gasteiger partial charge in [-0.3, -0.25) is 0 Å². The van der Waals surface area contributed by atoms with E-state index < -0.39 is 0 Å². The minimum Gasteiger partial charge on any atom is -0.463 e. The van der Waals surface area contributed by atoms with Gasteiger partial charge in [-0.25, -0.2) is 14.4 Å². The molecule has 0 aromatic heterocycles. The molecule has 7 nitrogen and oxygen atoms in total. The van der Waals surface area contributed by atoms with E-state index in [1.165, 1.54) is 63.5 Å². The van der Waals surface area contributed by atoms with Gasteiger partial charge in [0.15, 0.2) is 0 Å². The molecule has 3 rings (SSSR count). The van der Waals surface area contributed by atoms with Crippen molar-refractivity contribution in [1.82, 2.24) is 0 Å². The molecule has 2 bridgehead atoms. The van der Waals surface area contributed by atoms with Gasteiger partial charge in [0, 0.05) is 23.1 Å². The summed E-state index contributed by atoms with van der Waals surface area (Å²) in [5.41, 5.74) is 0.899. The van der Waals surface area contributed by atoms with E-state index in [1.54, 1.807) is 6.92 Å². The van der Waals surface area contributed by atoms with Crippen LogP contribution in [0.4, 0.5) is 0 Å². The Morgan fingerprint density at radius 3 is 1.95 bits per heavy atom. The molecule has 0 aromatic rings. The zero-order valence-corrected chi connectivity index (χ0v) is 25.8. The molecule has 228 valence electrons. The lowest BCUT2D eigenvalue weighted by Crippen LogP contribution is -2.38. The number of fused-ring (bicyclic) bond motifs is 2. The van der Waals surface area contributed by atoms with Crippen molar-refractivity contribution in [2.75, 3.05) is 19.8 Å². The molecule has 1 heterocycles. The molecule has 7 heteroatoms. The zero-order chi connectivity index (χ0) is 30.2. The molecule has 0 spiro atoms. The number of esters is 3. The molecule has 4 atom stereocenters. The molecule has 0 radical (unpaired) electrons. The summed E-state index contributed by atoms with van der Waals surface area (Å²) in [6, 6.07) is 0. The number of carbonyl (C=O) groups excluding carboxylic acids is 3. The van der Waals surface area contributed by atoms with Crippen molar-refractivity contribution in [3.05, 3.63) is 37.5 Å². The van der Waals surface area contributed by atoms with Crippen molar-refractivity contribution in [3.8, 4) is 0 Å². The van der Waals surface area contributed by atoms with Crippen LogP contribution in [0, 0.1) is 16.7 Å². The molecule has 1 saturated heterocycles. The lowest BCUT2D eigenvalue weighted by atomic mass is 9.70. The molecule has 1 aliphatic heterocycles. The van der Waals surface area contributed by atoms with E-state index in [-0.39, 0.29) is 35.5 Å². The van der Waals surface area contributed by atoms with Gasteiger partial charge in [-0.2, -0.15) is 0 Å². The second kappa shape index (κ2) is 18.1. The first-order valence-corrected chi connectivity index (χ1v) is 15.0. The summed E-state index contributed by atoms with van der Waals surface area (Å²) in [4.78, 5) is 32.6. The van der Waals surface area contributed by atoms with Crippen molar-refractivity contribution in [2.24, 2.45) is 16.7 Å². The topological polar surface area (TPSA) is 91.4 Å². The first-order valence-electron chi connectivity index (χ1n) is 15.0. The third-order valence-corrected chi connectivity index (χ3v) is 8.70. The Morgan fingerprint density at radius 2 is 1.50 bits per heavy atom. The summed E-state index contributed by atoms with van der Waals surface area (Å²) in [7, 11) is 0. The molecule has 4 unspecified atom stereocenters. The summed E-state index contributed by atoms with van der Waals surface area (Å²) < 4.78 is 20.0. The van der Waals surface area contributed by atoms with Gasteiger partial charge in [-0.05, 0) is 43.9 Å². The van der Waals surface area contributed by atoms with Crippen molar-refractivity contribution < 1.29 is 33.3 Å². The smallest absolute Gasteiger partial charge is 0.333 e. The van der Waals surface area contributed by atoms with E-state index in [1.807, 2.05) is 0 Å². The van der Waals surface area contributed by atoms with Crippen molar-refractivity contribution in [1.29, 1.82) is 0 Å². The summed E-state index contributed by atoms with van der Waals surface area (Å²) >= 11 is 0. The van der Waals surface area contributed by atoms with E-state index in [9.17, 15) is 14.4 Å². The Kier molecular flexibility index (Phi) is 16.1. The second-order valence-electron chi connectivity index (χ2n) is 11.9. The van der Waals surface area contributed by atoms with Crippen LogP contribution >= 0.6 is 0 Å². The van der Waals surface area contributed by atoms with Gasteiger partial charge < -0.3 is 18.9 Å². The van der Waals surface area contributed by atoms with Crippen LogP contribution in [0.1, 0.15) is 105 Å². The molecular weight excluding hydrogens is 508 g/mol. The van der Waals surface area contributed by atoms with Gasteiger partial charge in [0.25, 0.3) is 0 Å². The molecule has 2 saturated carbocycles. The predicted molar refractivity (Wildman–Crippen MR) is 159 cm³/mol. The minimum atomic E-state index is -0.337. The number of carbonyl (C=O) groups is 3. The first-order chi connectivity index (χ1) is 18.9. The number of epoxide rings is 1. The highest BCUT2D eigenvalue weighted by Crippen LogP contribution is 2.66. The third-order valence-electron chi connectivity index (χ3n) is 8.70. The van der Waals surface area contributed by atoms with Gasteiger partial charge in [0.2, 0.25) is 0 Å². The largest absolute Gasteiger partial charge is 0.463 e. The van der Waals surface area contributed by atoms with E-state index in [0.717, 1.165) is 19.3 Å². The average Bonchev–Trinajstić information content (AvgIpc) is 3.70. The number of rotatable bonds is 15. The zero-order valence-electron chi connectivity index (χ0n) is 25.8. The van der Waals surface area contributed by atoms with Gasteiger partial charge >= 0.3 is 17.9 Å². The van der Waals surface area contributed by atoms with E-state index >= 15 is 0 Å². The van der Waals surface area contributed by atoms with E-state index in [0.29, 0.717) is 36.7 Å². The molecule has 2 aliphatic carbocycles. The maximum atomic E-state index is 11.3. The quantitative estimate of drug-likeness (QED) is 0.0680.